The Labute approximate surface area is 188 Å². The molecule has 6 nitrogen and oxygen atoms in total. The summed E-state index contributed by atoms with van der Waals surface area (Å²) >= 11 is 1.28. The topological polar surface area (TPSA) is 73.8 Å². The Morgan fingerprint density at radius 2 is 1.82 bits per heavy atom. The van der Waals surface area contributed by atoms with Crippen molar-refractivity contribution < 1.29 is 8.42 Å². The maximum absolute atomic E-state index is 12.2. The molecule has 1 fully saturated rings. The van der Waals surface area contributed by atoms with E-state index >= 15 is 0 Å². The Morgan fingerprint density at radius 3 is 2.39 bits per heavy atom. The van der Waals surface area contributed by atoms with E-state index in [0.29, 0.717) is 10.8 Å². The smallest absolute Gasteiger partial charge is 0.252 e. The Bertz CT molecular complexity index is 907. The Kier molecular flexibility index (Phi) is 7.89. The van der Waals surface area contributed by atoms with Crippen molar-refractivity contribution >= 4 is 51.3 Å². The second kappa shape index (κ2) is 9.55. The molecule has 28 heavy (non-hydrogen) atoms. The first kappa shape index (κ1) is 23.1. The first-order chi connectivity index (χ1) is 12.9. The molecule has 1 aromatic heterocycles. The minimum absolute atomic E-state index is 0. The molecule has 1 aliphatic carbocycles. The van der Waals surface area contributed by atoms with Crippen molar-refractivity contribution in [2.75, 3.05) is 27.7 Å². The van der Waals surface area contributed by atoms with E-state index in [-0.39, 0.29) is 29.4 Å². The van der Waals surface area contributed by atoms with Crippen molar-refractivity contribution in [3.63, 3.8) is 0 Å². The van der Waals surface area contributed by atoms with E-state index in [4.69, 9.17) is 0 Å². The lowest BCUT2D eigenvalue weighted by Crippen LogP contribution is -2.40. The molecule has 0 radical (unpaired) electrons. The van der Waals surface area contributed by atoms with Crippen molar-refractivity contribution in [1.82, 2.24) is 14.9 Å². The predicted octanol–water partition coefficient (Wildman–Crippen LogP) is 3.01. The number of benzene rings is 1. The highest BCUT2D eigenvalue weighted by Gasteiger charge is 2.43. The van der Waals surface area contributed by atoms with Gasteiger partial charge in [0.25, 0.3) is 10.0 Å². The molecule has 3 rings (SSSR count). The largest absolute Gasteiger partial charge is 0.356 e. The van der Waals surface area contributed by atoms with Crippen LogP contribution in [0.15, 0.2) is 51.7 Å². The van der Waals surface area contributed by atoms with Crippen molar-refractivity contribution in [3.05, 3.63) is 52.9 Å². The van der Waals surface area contributed by atoms with Gasteiger partial charge in [0.05, 0.1) is 6.54 Å². The minimum atomic E-state index is -3.37. The molecule has 1 aliphatic rings. The molecule has 0 unspecified atom stereocenters. The van der Waals surface area contributed by atoms with Gasteiger partial charge in [0.15, 0.2) is 5.96 Å². The second-order valence-electron chi connectivity index (χ2n) is 6.93. The van der Waals surface area contributed by atoms with Crippen LogP contribution in [0.3, 0.4) is 0 Å². The highest BCUT2D eigenvalue weighted by molar-refractivity contribution is 14.0. The third-order valence-corrected chi connectivity index (χ3v) is 8.23. The van der Waals surface area contributed by atoms with Crippen LogP contribution < -0.4 is 10.6 Å². The SMILES string of the molecule is CN=C(NCc1ccc(S(=O)(=O)N(C)C)s1)NCC1(c2ccccc2)CC1.I. The van der Waals surface area contributed by atoms with Crippen LogP contribution in [0, 0.1) is 0 Å². The molecule has 9 heteroatoms. The summed E-state index contributed by atoms with van der Waals surface area (Å²) in [6, 6.07) is 14.1. The summed E-state index contributed by atoms with van der Waals surface area (Å²) in [7, 11) is 1.45. The van der Waals surface area contributed by atoms with E-state index < -0.39 is 10.0 Å². The van der Waals surface area contributed by atoms with E-state index in [1.54, 1.807) is 27.2 Å². The maximum Gasteiger partial charge on any atom is 0.252 e. The van der Waals surface area contributed by atoms with Gasteiger partial charge < -0.3 is 10.6 Å². The normalized spacial score (nSPS) is 15.8. The van der Waals surface area contributed by atoms with Gasteiger partial charge in [-0.15, -0.1) is 35.3 Å². The minimum Gasteiger partial charge on any atom is -0.356 e. The lowest BCUT2D eigenvalue weighted by molar-refractivity contribution is 0.523. The maximum atomic E-state index is 12.2. The number of hydrogen-bond acceptors (Lipinski definition) is 4. The van der Waals surface area contributed by atoms with Gasteiger partial charge in [-0.05, 0) is 30.5 Å². The number of thiophene rings is 1. The summed E-state index contributed by atoms with van der Waals surface area (Å²) in [6.07, 6.45) is 2.36. The number of nitrogens with zero attached hydrogens (tertiary/aromatic N) is 2. The third-order valence-electron chi connectivity index (χ3n) is 4.86. The molecule has 0 spiro atoms. The zero-order chi connectivity index (χ0) is 19.5. The lowest BCUT2D eigenvalue weighted by Gasteiger charge is -2.19. The number of nitrogens with one attached hydrogen (secondary N) is 2. The van der Waals surface area contributed by atoms with Crippen molar-refractivity contribution in [2.45, 2.75) is 29.0 Å². The number of aliphatic imine (C=N–C) groups is 1. The summed E-state index contributed by atoms with van der Waals surface area (Å²) < 4.78 is 25.9. The summed E-state index contributed by atoms with van der Waals surface area (Å²) in [5.74, 6) is 0.725. The second-order valence-corrected chi connectivity index (χ2v) is 10.5. The molecule has 2 N–H and O–H groups in total. The van der Waals surface area contributed by atoms with Crippen LogP contribution >= 0.6 is 35.3 Å². The molecule has 1 aromatic carbocycles. The standard InChI is InChI=1S/C19H26N4O2S2.HI/c1-20-18(22-14-19(11-12-19)15-7-5-4-6-8-15)21-13-16-9-10-17(26-16)27(24,25)23(2)3;/h4-10H,11-14H2,1-3H3,(H2,20,21,22);1H. The predicted molar refractivity (Wildman–Crippen MR) is 126 cm³/mol. The number of halogens is 1. The van der Waals surface area contributed by atoms with Crippen LogP contribution in [0.4, 0.5) is 0 Å². The summed E-state index contributed by atoms with van der Waals surface area (Å²) in [5.41, 5.74) is 1.57. The van der Waals surface area contributed by atoms with E-state index in [1.165, 1.54) is 34.0 Å². The lowest BCUT2D eigenvalue weighted by atomic mass is 9.96. The fraction of sp³-hybridized carbons (Fsp3) is 0.421. The first-order valence-electron chi connectivity index (χ1n) is 8.89. The van der Waals surface area contributed by atoms with Gasteiger partial charge in [0, 0.05) is 38.0 Å². The molecule has 0 atom stereocenters. The van der Waals surface area contributed by atoms with Crippen LogP contribution in [0.1, 0.15) is 23.3 Å². The fourth-order valence-electron chi connectivity index (χ4n) is 2.93. The van der Waals surface area contributed by atoms with Gasteiger partial charge in [0.2, 0.25) is 0 Å². The van der Waals surface area contributed by atoms with Gasteiger partial charge in [-0.3, -0.25) is 4.99 Å². The van der Waals surface area contributed by atoms with E-state index in [1.807, 2.05) is 12.1 Å². The monoisotopic (exact) mass is 534 g/mol. The zero-order valence-corrected chi connectivity index (χ0v) is 20.3. The molecule has 0 saturated heterocycles. The number of rotatable bonds is 7. The Morgan fingerprint density at radius 1 is 1.14 bits per heavy atom. The van der Waals surface area contributed by atoms with E-state index in [9.17, 15) is 8.42 Å². The molecule has 2 aromatic rings. The third kappa shape index (κ3) is 5.25. The molecular formula is C19H27IN4O2S2. The van der Waals surface area contributed by atoms with Gasteiger partial charge in [-0.2, -0.15) is 0 Å². The Hall–Kier alpha value is -1.17. The average Bonchev–Trinajstić information content (AvgIpc) is 3.30. The molecule has 1 heterocycles. The summed E-state index contributed by atoms with van der Waals surface area (Å²) in [6.45, 7) is 1.37. The van der Waals surface area contributed by atoms with Crippen LogP contribution in [0.25, 0.3) is 0 Å². The zero-order valence-electron chi connectivity index (χ0n) is 16.3. The Balaban J connectivity index is 0.00000280. The van der Waals surface area contributed by atoms with Crippen LogP contribution in [-0.2, 0) is 22.0 Å². The average molecular weight is 534 g/mol. The van der Waals surface area contributed by atoms with E-state index in [0.717, 1.165) is 17.4 Å². The molecule has 0 aliphatic heterocycles. The number of hydrogen-bond donors (Lipinski definition) is 2. The molecular weight excluding hydrogens is 507 g/mol. The van der Waals surface area contributed by atoms with Gasteiger partial charge in [-0.25, -0.2) is 12.7 Å². The highest BCUT2D eigenvalue weighted by atomic mass is 127. The van der Waals surface area contributed by atoms with Crippen LogP contribution in [-0.4, -0.2) is 46.4 Å². The quantitative estimate of drug-likeness (QED) is 0.326. The molecule has 0 bridgehead atoms. The van der Waals surface area contributed by atoms with Crippen molar-refractivity contribution in [1.29, 1.82) is 0 Å². The van der Waals surface area contributed by atoms with Crippen LogP contribution in [0.5, 0.6) is 0 Å². The first-order valence-corrected chi connectivity index (χ1v) is 11.1. The molecule has 154 valence electrons. The van der Waals surface area contributed by atoms with Gasteiger partial charge in [-0.1, -0.05) is 30.3 Å². The number of guanidine groups is 1. The van der Waals surface area contributed by atoms with Gasteiger partial charge >= 0.3 is 0 Å². The fourth-order valence-corrected chi connectivity index (χ4v) is 5.39. The highest BCUT2D eigenvalue weighted by Crippen LogP contribution is 2.47. The molecule has 0 amide bonds. The van der Waals surface area contributed by atoms with Crippen molar-refractivity contribution in [3.8, 4) is 0 Å². The van der Waals surface area contributed by atoms with Crippen LogP contribution in [0.2, 0.25) is 0 Å². The van der Waals surface area contributed by atoms with Gasteiger partial charge in [0.1, 0.15) is 4.21 Å². The molecule has 1 saturated carbocycles. The summed E-state index contributed by atoms with van der Waals surface area (Å²) in [5, 5.41) is 6.69. The van der Waals surface area contributed by atoms with Crippen molar-refractivity contribution in [2.24, 2.45) is 4.99 Å². The summed E-state index contributed by atoms with van der Waals surface area (Å²) in [4.78, 5) is 5.23. The van der Waals surface area contributed by atoms with E-state index in [2.05, 4.69) is 39.9 Å². The number of sulfonamides is 1.